The first-order chi connectivity index (χ1) is 17.2. The number of esters is 1. The largest absolute Gasteiger partial charge is 0.496 e. The summed E-state index contributed by atoms with van der Waals surface area (Å²) in [7, 11) is 1.48. The maximum Gasteiger partial charge on any atom is 0.387 e. The van der Waals surface area contributed by atoms with E-state index in [-0.39, 0.29) is 17.9 Å². The Morgan fingerprint density at radius 1 is 1.25 bits per heavy atom. The molecular formula is C25H21ClF2N2O5S. The van der Waals surface area contributed by atoms with Crippen LogP contribution in [0.3, 0.4) is 0 Å². The van der Waals surface area contributed by atoms with Gasteiger partial charge in [-0.1, -0.05) is 35.1 Å². The molecule has 1 atom stereocenters. The molecule has 0 unspecified atom stereocenters. The molecule has 1 aliphatic heterocycles. The van der Waals surface area contributed by atoms with Gasteiger partial charge in [-0.15, -0.1) is 0 Å². The number of allylic oxidation sites excluding steroid dienone is 1. The molecule has 1 aliphatic rings. The van der Waals surface area contributed by atoms with Crippen LogP contribution < -0.4 is 24.4 Å². The molecule has 0 bridgehead atoms. The Hall–Kier alpha value is -3.50. The SMILES string of the molecule is CCOC(=O)C1=C(C)N=c2s/c(=C\c3ccc(OC(F)F)cc3)c(=O)n2[C@H]1c1cc(Cl)ccc1OC. The minimum Gasteiger partial charge on any atom is -0.496 e. The van der Waals surface area contributed by atoms with Crippen LogP contribution in [-0.4, -0.2) is 30.9 Å². The number of alkyl halides is 2. The summed E-state index contributed by atoms with van der Waals surface area (Å²) >= 11 is 7.42. The molecule has 0 spiro atoms. The normalized spacial score (nSPS) is 15.5. The van der Waals surface area contributed by atoms with Crippen LogP contribution in [-0.2, 0) is 9.53 Å². The molecule has 0 amide bonds. The first-order valence-corrected chi connectivity index (χ1v) is 12.0. The van der Waals surface area contributed by atoms with Gasteiger partial charge in [0.2, 0.25) is 0 Å². The van der Waals surface area contributed by atoms with Crippen LogP contribution in [0.1, 0.15) is 31.0 Å². The third-order valence-corrected chi connectivity index (χ3v) is 6.62. The Morgan fingerprint density at radius 3 is 2.61 bits per heavy atom. The van der Waals surface area contributed by atoms with E-state index in [2.05, 4.69) is 9.73 Å². The number of ether oxygens (including phenoxy) is 3. The zero-order valence-corrected chi connectivity index (χ0v) is 21.0. The molecule has 0 aliphatic carbocycles. The van der Waals surface area contributed by atoms with E-state index in [1.54, 1.807) is 50.3 Å². The van der Waals surface area contributed by atoms with E-state index in [9.17, 15) is 18.4 Å². The van der Waals surface area contributed by atoms with Crippen LogP contribution in [0.2, 0.25) is 5.02 Å². The summed E-state index contributed by atoms with van der Waals surface area (Å²) in [4.78, 5) is 31.5. The summed E-state index contributed by atoms with van der Waals surface area (Å²) in [5, 5.41) is 0.400. The minimum absolute atomic E-state index is 0.00589. The van der Waals surface area contributed by atoms with Gasteiger partial charge in [-0.3, -0.25) is 9.36 Å². The van der Waals surface area contributed by atoms with Crippen LogP contribution in [0.5, 0.6) is 11.5 Å². The monoisotopic (exact) mass is 534 g/mol. The number of fused-ring (bicyclic) bond motifs is 1. The Morgan fingerprint density at radius 2 is 1.97 bits per heavy atom. The molecule has 4 rings (SSSR count). The molecule has 1 aromatic heterocycles. The molecule has 2 heterocycles. The first-order valence-electron chi connectivity index (χ1n) is 10.8. The van der Waals surface area contributed by atoms with Crippen molar-refractivity contribution in [1.82, 2.24) is 4.57 Å². The average Bonchev–Trinajstić information content (AvgIpc) is 3.13. The topological polar surface area (TPSA) is 79.1 Å². The fourth-order valence-electron chi connectivity index (χ4n) is 3.90. The van der Waals surface area contributed by atoms with Crippen molar-refractivity contribution in [3.63, 3.8) is 0 Å². The summed E-state index contributed by atoms with van der Waals surface area (Å²) in [5.41, 5.74) is 1.31. The Kier molecular flexibility index (Phi) is 7.56. The second-order valence-corrected chi connectivity index (χ2v) is 9.08. The highest BCUT2D eigenvalue weighted by Crippen LogP contribution is 2.37. The third kappa shape index (κ3) is 5.05. The zero-order valence-electron chi connectivity index (χ0n) is 19.5. The van der Waals surface area contributed by atoms with E-state index in [1.807, 2.05) is 0 Å². The lowest BCUT2D eigenvalue weighted by atomic mass is 9.95. The van der Waals surface area contributed by atoms with Crippen LogP contribution >= 0.6 is 22.9 Å². The van der Waals surface area contributed by atoms with Crippen molar-refractivity contribution < 1.29 is 27.8 Å². The van der Waals surface area contributed by atoms with Crippen molar-refractivity contribution in [2.75, 3.05) is 13.7 Å². The van der Waals surface area contributed by atoms with E-state index in [4.69, 9.17) is 21.1 Å². The number of carbonyl (C=O) groups excluding carboxylic acids is 1. The van der Waals surface area contributed by atoms with E-state index in [1.165, 1.54) is 23.8 Å². The van der Waals surface area contributed by atoms with Gasteiger partial charge in [-0.25, -0.2) is 9.79 Å². The van der Waals surface area contributed by atoms with Crippen molar-refractivity contribution in [2.45, 2.75) is 26.5 Å². The Labute approximate surface area is 213 Å². The molecule has 188 valence electrons. The van der Waals surface area contributed by atoms with Gasteiger partial charge >= 0.3 is 12.6 Å². The van der Waals surface area contributed by atoms with Crippen molar-refractivity contribution >= 4 is 35.0 Å². The Balaban J connectivity index is 1.91. The summed E-state index contributed by atoms with van der Waals surface area (Å²) in [6.45, 7) is 0.579. The quantitative estimate of drug-likeness (QED) is 0.427. The van der Waals surface area contributed by atoms with Crippen LogP contribution in [0.4, 0.5) is 8.78 Å². The number of aromatic nitrogens is 1. The number of hydrogen-bond donors (Lipinski definition) is 0. The van der Waals surface area contributed by atoms with Gasteiger partial charge < -0.3 is 14.2 Å². The smallest absolute Gasteiger partial charge is 0.387 e. The van der Waals surface area contributed by atoms with Gasteiger partial charge in [0.25, 0.3) is 5.56 Å². The van der Waals surface area contributed by atoms with Gasteiger partial charge in [-0.05, 0) is 55.8 Å². The third-order valence-electron chi connectivity index (χ3n) is 5.41. The predicted octanol–water partition coefficient (Wildman–Crippen LogP) is 4.06. The second-order valence-electron chi connectivity index (χ2n) is 7.64. The Bertz CT molecular complexity index is 1510. The summed E-state index contributed by atoms with van der Waals surface area (Å²) in [5.74, 6) is -0.161. The van der Waals surface area contributed by atoms with E-state index >= 15 is 0 Å². The number of nitrogens with zero attached hydrogens (tertiary/aromatic N) is 2. The van der Waals surface area contributed by atoms with E-state index in [0.717, 1.165) is 11.3 Å². The number of hydrogen-bond acceptors (Lipinski definition) is 7. The number of rotatable bonds is 7. The van der Waals surface area contributed by atoms with Crippen LogP contribution in [0.15, 0.2) is 63.5 Å². The fourth-order valence-corrected chi connectivity index (χ4v) is 5.13. The average molecular weight is 535 g/mol. The van der Waals surface area contributed by atoms with Crippen LogP contribution in [0.25, 0.3) is 6.08 Å². The van der Waals surface area contributed by atoms with Gasteiger partial charge in [0, 0.05) is 10.6 Å². The fraction of sp³-hybridized carbons (Fsp3) is 0.240. The summed E-state index contributed by atoms with van der Waals surface area (Å²) < 4.78 is 41.8. The number of halogens is 3. The number of benzene rings is 2. The molecule has 36 heavy (non-hydrogen) atoms. The van der Waals surface area contributed by atoms with Gasteiger partial charge in [-0.2, -0.15) is 8.78 Å². The lowest BCUT2D eigenvalue weighted by Crippen LogP contribution is -2.40. The van der Waals surface area contributed by atoms with Crippen molar-refractivity contribution in [2.24, 2.45) is 4.99 Å². The first kappa shape index (κ1) is 25.6. The lowest BCUT2D eigenvalue weighted by Gasteiger charge is -2.26. The number of methoxy groups -OCH3 is 1. The van der Waals surface area contributed by atoms with Gasteiger partial charge in [0.05, 0.1) is 29.5 Å². The zero-order chi connectivity index (χ0) is 26.0. The van der Waals surface area contributed by atoms with Crippen molar-refractivity contribution in [1.29, 1.82) is 0 Å². The molecular weight excluding hydrogens is 514 g/mol. The molecule has 0 saturated carbocycles. The van der Waals surface area contributed by atoms with E-state index in [0.29, 0.717) is 36.9 Å². The molecule has 11 heteroatoms. The maximum atomic E-state index is 13.6. The van der Waals surface area contributed by atoms with E-state index < -0.39 is 24.2 Å². The molecule has 0 radical (unpaired) electrons. The molecule has 2 aromatic carbocycles. The maximum absolute atomic E-state index is 13.6. The molecule has 3 aromatic rings. The predicted molar refractivity (Wildman–Crippen MR) is 131 cm³/mol. The van der Waals surface area contributed by atoms with Gasteiger partial charge in [0.1, 0.15) is 17.5 Å². The highest BCUT2D eigenvalue weighted by molar-refractivity contribution is 7.07. The van der Waals surface area contributed by atoms with Gasteiger partial charge in [0.15, 0.2) is 4.80 Å². The standard InChI is InChI=1S/C25H21ClF2N2O5S/c1-4-34-23(32)20-13(2)29-25-30(21(20)17-12-15(26)7-10-18(17)33-3)22(31)19(36-25)11-14-5-8-16(9-6-14)35-24(27)28/h5-12,21,24H,4H2,1-3H3/b19-11-/t21-/m0/s1. The minimum atomic E-state index is -2.93. The summed E-state index contributed by atoms with van der Waals surface area (Å²) in [6, 6.07) is 9.95. The van der Waals surface area contributed by atoms with Crippen LogP contribution in [0, 0.1) is 0 Å². The highest BCUT2D eigenvalue weighted by Gasteiger charge is 2.35. The molecule has 7 nitrogen and oxygen atoms in total. The number of thiazole rings is 1. The summed E-state index contributed by atoms with van der Waals surface area (Å²) in [6.07, 6.45) is 1.62. The number of carbonyl (C=O) groups is 1. The van der Waals surface area contributed by atoms with Crippen molar-refractivity contribution in [3.8, 4) is 11.5 Å². The van der Waals surface area contributed by atoms with Crippen molar-refractivity contribution in [3.05, 3.63) is 89.6 Å². The molecule has 0 N–H and O–H groups in total. The highest BCUT2D eigenvalue weighted by atomic mass is 35.5. The lowest BCUT2D eigenvalue weighted by molar-refractivity contribution is -0.139. The second kappa shape index (κ2) is 10.6. The molecule has 0 saturated heterocycles. The molecule has 0 fully saturated rings.